The number of hydrogen-bond donors (Lipinski definition) is 2. The first-order valence-corrected chi connectivity index (χ1v) is 6.86. The van der Waals surface area contributed by atoms with Crippen LogP contribution in [-0.4, -0.2) is 42.3 Å². The van der Waals surface area contributed by atoms with Crippen LogP contribution in [0.2, 0.25) is 0 Å². The minimum absolute atomic E-state index is 0.0292. The molecular formula is C15H17N3O6. The van der Waals surface area contributed by atoms with Gasteiger partial charge in [0.2, 0.25) is 5.88 Å². The van der Waals surface area contributed by atoms with Crippen LogP contribution in [-0.2, 0) is 20.7 Å². The molecule has 0 spiro atoms. The van der Waals surface area contributed by atoms with E-state index in [4.69, 9.17) is 0 Å². The molecule has 1 aromatic rings. The molecule has 128 valence electrons. The van der Waals surface area contributed by atoms with E-state index in [2.05, 4.69) is 15.0 Å². The number of rotatable bonds is 7. The number of nitro groups is 1. The Kier molecular flexibility index (Phi) is 7.08. The average molecular weight is 335 g/mol. The number of aliphatic hydroxyl groups excluding tert-OH is 1. The lowest BCUT2D eigenvalue weighted by molar-refractivity contribution is -0.384. The normalized spacial score (nSPS) is 11.8. The Morgan fingerprint density at radius 1 is 1.38 bits per heavy atom. The standard InChI is InChI=1S/C15H17N3O6/c1-16-14(20)12(9-13(19)24-2)15(21)17-8-7-10-3-5-11(6-4-10)18(22)23/h3-6,8,21H,7,9H2,1-2H3,(H,16,20)/b15-12+,17-8?. The van der Waals surface area contributed by atoms with Gasteiger partial charge >= 0.3 is 5.97 Å². The van der Waals surface area contributed by atoms with Crippen molar-refractivity contribution in [3.05, 3.63) is 51.4 Å². The Labute approximate surface area is 137 Å². The number of benzene rings is 1. The maximum Gasteiger partial charge on any atom is 0.310 e. The summed E-state index contributed by atoms with van der Waals surface area (Å²) in [7, 11) is 2.52. The second-order valence-electron chi connectivity index (χ2n) is 4.57. The molecular weight excluding hydrogens is 318 g/mol. The summed E-state index contributed by atoms with van der Waals surface area (Å²) in [5, 5.41) is 22.7. The van der Waals surface area contributed by atoms with Gasteiger partial charge in [-0.15, -0.1) is 0 Å². The third-order valence-electron chi connectivity index (χ3n) is 3.01. The predicted molar refractivity (Wildman–Crippen MR) is 85.6 cm³/mol. The molecule has 0 aromatic heterocycles. The lowest BCUT2D eigenvalue weighted by Crippen LogP contribution is -2.23. The summed E-state index contributed by atoms with van der Waals surface area (Å²) < 4.78 is 4.46. The molecule has 0 aliphatic heterocycles. The lowest BCUT2D eigenvalue weighted by atomic mass is 10.1. The average Bonchev–Trinajstić information content (AvgIpc) is 2.58. The van der Waals surface area contributed by atoms with E-state index in [0.717, 1.165) is 5.56 Å². The number of likely N-dealkylation sites (N-methyl/N-ethyl adjacent to an activating group) is 1. The van der Waals surface area contributed by atoms with Gasteiger partial charge in [-0.25, -0.2) is 4.99 Å². The van der Waals surface area contributed by atoms with Crippen molar-refractivity contribution in [1.82, 2.24) is 5.32 Å². The van der Waals surface area contributed by atoms with Crippen LogP contribution >= 0.6 is 0 Å². The third kappa shape index (κ3) is 5.52. The maximum atomic E-state index is 11.7. The molecule has 1 amide bonds. The number of nitrogens with one attached hydrogen (secondary N) is 1. The van der Waals surface area contributed by atoms with E-state index < -0.39 is 29.1 Å². The van der Waals surface area contributed by atoms with E-state index in [9.17, 15) is 24.8 Å². The van der Waals surface area contributed by atoms with E-state index in [0.29, 0.717) is 0 Å². The van der Waals surface area contributed by atoms with Crippen molar-refractivity contribution in [2.45, 2.75) is 12.8 Å². The highest BCUT2D eigenvalue weighted by molar-refractivity contribution is 5.98. The van der Waals surface area contributed by atoms with Crippen LogP contribution in [0.1, 0.15) is 12.0 Å². The fraction of sp³-hybridized carbons (Fsp3) is 0.267. The van der Waals surface area contributed by atoms with Crippen LogP contribution in [0.4, 0.5) is 5.69 Å². The van der Waals surface area contributed by atoms with Crippen molar-refractivity contribution >= 4 is 23.8 Å². The molecule has 0 aliphatic carbocycles. The highest BCUT2D eigenvalue weighted by atomic mass is 16.6. The summed E-state index contributed by atoms with van der Waals surface area (Å²) in [6.07, 6.45) is 1.19. The summed E-state index contributed by atoms with van der Waals surface area (Å²) in [6, 6.07) is 5.82. The first kappa shape index (κ1) is 18.8. The summed E-state index contributed by atoms with van der Waals surface area (Å²) in [5.41, 5.74) is 0.481. The molecule has 9 heteroatoms. The van der Waals surface area contributed by atoms with Crippen molar-refractivity contribution in [2.24, 2.45) is 4.99 Å². The van der Waals surface area contributed by atoms with Gasteiger partial charge in [0.25, 0.3) is 11.6 Å². The molecule has 1 aromatic carbocycles. The molecule has 24 heavy (non-hydrogen) atoms. The molecule has 0 saturated carbocycles. The Morgan fingerprint density at radius 2 is 2.00 bits per heavy atom. The Hall–Kier alpha value is -3.23. The van der Waals surface area contributed by atoms with Crippen molar-refractivity contribution < 1.29 is 24.4 Å². The number of esters is 1. The molecule has 0 atom stereocenters. The van der Waals surface area contributed by atoms with Gasteiger partial charge in [0.1, 0.15) is 0 Å². The quantitative estimate of drug-likeness (QED) is 0.193. The molecule has 1 rings (SSSR count). The number of methoxy groups -OCH3 is 1. The summed E-state index contributed by atoms with van der Waals surface area (Å²) in [4.78, 5) is 36.7. The number of nitrogens with zero attached hydrogens (tertiary/aromatic N) is 2. The zero-order valence-corrected chi connectivity index (χ0v) is 13.2. The van der Waals surface area contributed by atoms with E-state index in [1.807, 2.05) is 0 Å². The van der Waals surface area contributed by atoms with Gasteiger partial charge < -0.3 is 15.2 Å². The largest absolute Gasteiger partial charge is 0.493 e. The minimum Gasteiger partial charge on any atom is -0.493 e. The van der Waals surface area contributed by atoms with E-state index >= 15 is 0 Å². The number of aliphatic hydroxyl groups is 1. The molecule has 2 N–H and O–H groups in total. The van der Waals surface area contributed by atoms with Crippen molar-refractivity contribution in [1.29, 1.82) is 0 Å². The fourth-order valence-electron chi connectivity index (χ4n) is 1.70. The van der Waals surface area contributed by atoms with Crippen LogP contribution in [0.5, 0.6) is 0 Å². The topological polar surface area (TPSA) is 131 Å². The summed E-state index contributed by atoms with van der Waals surface area (Å²) >= 11 is 0. The number of amides is 1. The number of aliphatic imine (C=N–C) groups is 1. The third-order valence-corrected chi connectivity index (χ3v) is 3.01. The molecule has 0 saturated heterocycles. The number of non-ortho nitro benzene ring substituents is 1. The van der Waals surface area contributed by atoms with Gasteiger partial charge in [-0.2, -0.15) is 0 Å². The van der Waals surface area contributed by atoms with E-state index in [-0.39, 0.29) is 17.7 Å². The number of carbonyl (C=O) groups is 2. The van der Waals surface area contributed by atoms with Crippen LogP contribution in [0.3, 0.4) is 0 Å². The van der Waals surface area contributed by atoms with Gasteiger partial charge in [-0.05, 0) is 5.56 Å². The molecule has 9 nitrogen and oxygen atoms in total. The Balaban J connectivity index is 2.85. The second kappa shape index (κ2) is 9.03. The van der Waals surface area contributed by atoms with Gasteiger partial charge in [0.05, 0.1) is 24.0 Å². The van der Waals surface area contributed by atoms with Crippen LogP contribution in [0, 0.1) is 10.1 Å². The second-order valence-corrected chi connectivity index (χ2v) is 4.57. The van der Waals surface area contributed by atoms with Gasteiger partial charge in [-0.3, -0.25) is 19.7 Å². The molecule has 0 heterocycles. The number of hydrogen-bond acceptors (Lipinski definition) is 7. The summed E-state index contributed by atoms with van der Waals surface area (Å²) in [5.74, 6) is -1.93. The zero-order valence-electron chi connectivity index (χ0n) is 13.2. The smallest absolute Gasteiger partial charge is 0.310 e. The monoisotopic (exact) mass is 335 g/mol. The fourth-order valence-corrected chi connectivity index (χ4v) is 1.70. The highest BCUT2D eigenvalue weighted by Crippen LogP contribution is 2.13. The highest BCUT2D eigenvalue weighted by Gasteiger charge is 2.18. The van der Waals surface area contributed by atoms with E-state index in [1.165, 1.54) is 32.5 Å². The number of ether oxygens (including phenoxy) is 1. The van der Waals surface area contributed by atoms with Gasteiger partial charge in [0, 0.05) is 31.8 Å². The van der Waals surface area contributed by atoms with Crippen molar-refractivity contribution in [3.63, 3.8) is 0 Å². The predicted octanol–water partition coefficient (Wildman–Crippen LogP) is 1.29. The summed E-state index contributed by atoms with van der Waals surface area (Å²) in [6.45, 7) is 0. The van der Waals surface area contributed by atoms with Crippen LogP contribution in [0.25, 0.3) is 0 Å². The van der Waals surface area contributed by atoms with Gasteiger partial charge in [0.15, 0.2) is 0 Å². The molecule has 0 radical (unpaired) electrons. The number of carbonyl (C=O) groups excluding carboxylic acids is 2. The van der Waals surface area contributed by atoms with Crippen molar-refractivity contribution in [3.8, 4) is 0 Å². The lowest BCUT2D eigenvalue weighted by Gasteiger charge is -2.05. The zero-order chi connectivity index (χ0) is 18.1. The molecule has 0 unspecified atom stereocenters. The number of nitro benzene ring substituents is 1. The molecule has 0 aliphatic rings. The Morgan fingerprint density at radius 3 is 2.50 bits per heavy atom. The molecule has 0 fully saturated rings. The van der Waals surface area contributed by atoms with Crippen LogP contribution in [0.15, 0.2) is 40.7 Å². The van der Waals surface area contributed by atoms with Crippen molar-refractivity contribution in [2.75, 3.05) is 14.2 Å². The van der Waals surface area contributed by atoms with Crippen LogP contribution < -0.4 is 5.32 Å². The molecule has 0 bridgehead atoms. The SMILES string of the molecule is CNC(=O)/C(CC(=O)OC)=C(/O)N=CCc1ccc([N+](=O)[O-])cc1. The maximum absolute atomic E-state index is 11.7. The first-order valence-electron chi connectivity index (χ1n) is 6.86. The Bertz CT molecular complexity index is 679. The van der Waals surface area contributed by atoms with Gasteiger partial charge in [-0.1, -0.05) is 12.1 Å². The minimum atomic E-state index is -0.689. The first-order chi connectivity index (χ1) is 11.4. The van der Waals surface area contributed by atoms with E-state index in [1.54, 1.807) is 12.1 Å².